The van der Waals surface area contributed by atoms with Gasteiger partial charge in [-0.3, -0.25) is 4.90 Å². The minimum absolute atomic E-state index is 0.135. The SMILES string of the molecule is C[C@H]1C[C@@H](c2cc3c(F)cccc3s2)CCN1C[C@H](O)COc1cccc2[nH]ccc12.O=C(O)C(=O)O. The van der Waals surface area contributed by atoms with Crippen molar-refractivity contribution in [2.45, 2.75) is 37.8 Å². The van der Waals surface area contributed by atoms with Gasteiger partial charge >= 0.3 is 11.9 Å². The van der Waals surface area contributed by atoms with Crippen molar-refractivity contribution < 1.29 is 34.0 Å². The summed E-state index contributed by atoms with van der Waals surface area (Å²) in [6.45, 7) is 4.01. The number of halogens is 1. The lowest BCUT2D eigenvalue weighted by Crippen LogP contribution is -2.45. The van der Waals surface area contributed by atoms with Gasteiger partial charge in [-0.05, 0) is 68.6 Å². The Bertz CT molecular complexity index is 1370. The second-order valence-corrected chi connectivity index (χ2v) is 10.3. The van der Waals surface area contributed by atoms with Gasteiger partial charge in [-0.2, -0.15) is 0 Å². The van der Waals surface area contributed by atoms with E-state index in [1.165, 1.54) is 10.9 Å². The highest BCUT2D eigenvalue weighted by atomic mass is 32.1. The fraction of sp³-hybridized carbons (Fsp3) is 0.333. The molecule has 1 fully saturated rings. The number of ether oxygens (including phenoxy) is 1. The van der Waals surface area contributed by atoms with Crippen molar-refractivity contribution in [3.8, 4) is 5.75 Å². The number of carbonyl (C=O) groups is 2. The third-order valence-electron chi connectivity index (χ3n) is 6.56. The molecular formula is C27H29FN2O6S. The Kier molecular flexibility index (Phi) is 8.42. The van der Waals surface area contributed by atoms with Gasteiger partial charge in [0.2, 0.25) is 0 Å². The van der Waals surface area contributed by atoms with E-state index in [-0.39, 0.29) is 12.4 Å². The lowest BCUT2D eigenvalue weighted by atomic mass is 9.90. The molecular weight excluding hydrogens is 499 g/mol. The van der Waals surface area contributed by atoms with Crippen LogP contribution in [-0.2, 0) is 9.59 Å². The summed E-state index contributed by atoms with van der Waals surface area (Å²) in [6, 6.07) is 15.6. The van der Waals surface area contributed by atoms with Crippen LogP contribution >= 0.6 is 11.3 Å². The van der Waals surface area contributed by atoms with E-state index in [1.54, 1.807) is 17.4 Å². The molecule has 0 radical (unpaired) electrons. The monoisotopic (exact) mass is 528 g/mol. The van der Waals surface area contributed by atoms with Crippen LogP contribution in [0.3, 0.4) is 0 Å². The van der Waals surface area contributed by atoms with Crippen molar-refractivity contribution in [3.05, 3.63) is 65.4 Å². The number of carboxylic acids is 2. The number of β-amino-alcohol motifs (C(OH)–C–C–N with tert-alkyl or cyclic N) is 1. The van der Waals surface area contributed by atoms with E-state index in [0.29, 0.717) is 18.5 Å². The maximum absolute atomic E-state index is 14.1. The predicted octanol–water partition coefficient (Wildman–Crippen LogP) is 4.69. The lowest BCUT2D eigenvalue weighted by Gasteiger charge is -2.38. The van der Waals surface area contributed by atoms with Crippen molar-refractivity contribution in [2.75, 3.05) is 19.7 Å². The zero-order chi connectivity index (χ0) is 26.5. The minimum atomic E-state index is -1.82. The number of aromatic amines is 1. The van der Waals surface area contributed by atoms with Crippen molar-refractivity contribution >= 4 is 44.3 Å². The standard InChI is InChI=1S/C25H27FN2O2S.C2H2O4/c1-16-12-17(25-13-20-21(26)4-2-7-24(20)31-25)9-11-28(16)14-18(29)15-30-23-6-3-5-22-19(23)8-10-27-22;3-1(4)2(5)6/h2-8,10,13,16-18,27,29H,9,11-12,14-15H2,1H3;(H,3,4)(H,5,6)/t16-,17-,18-;/m0./s1. The number of rotatable bonds is 6. The highest BCUT2D eigenvalue weighted by Gasteiger charge is 2.29. The van der Waals surface area contributed by atoms with Crippen LogP contribution in [-0.4, -0.2) is 69.0 Å². The van der Waals surface area contributed by atoms with Crippen LogP contribution in [0.2, 0.25) is 0 Å². The molecule has 0 spiro atoms. The largest absolute Gasteiger partial charge is 0.490 e. The highest BCUT2D eigenvalue weighted by molar-refractivity contribution is 7.19. The van der Waals surface area contributed by atoms with Gasteiger partial charge in [0.25, 0.3) is 0 Å². The van der Waals surface area contributed by atoms with Gasteiger partial charge < -0.3 is 25.0 Å². The van der Waals surface area contributed by atoms with Gasteiger partial charge in [-0.25, -0.2) is 14.0 Å². The minimum Gasteiger partial charge on any atom is -0.490 e. The zero-order valence-electron chi connectivity index (χ0n) is 20.3. The number of aliphatic hydroxyl groups excluding tert-OH is 1. The zero-order valence-corrected chi connectivity index (χ0v) is 21.1. The van der Waals surface area contributed by atoms with Crippen LogP contribution in [0.5, 0.6) is 5.75 Å². The second kappa shape index (κ2) is 11.7. The molecule has 1 aliphatic rings. The summed E-state index contributed by atoms with van der Waals surface area (Å²) < 4.78 is 21.0. The van der Waals surface area contributed by atoms with Crippen LogP contribution in [0.15, 0.2) is 54.7 Å². The second-order valence-electron chi connectivity index (χ2n) is 9.14. The van der Waals surface area contributed by atoms with Crippen molar-refractivity contribution in [1.29, 1.82) is 0 Å². The molecule has 5 rings (SSSR count). The van der Waals surface area contributed by atoms with Crippen molar-refractivity contribution in [2.24, 2.45) is 0 Å². The van der Waals surface area contributed by atoms with Gasteiger partial charge in [-0.15, -0.1) is 11.3 Å². The summed E-state index contributed by atoms with van der Waals surface area (Å²) in [6.07, 6.45) is 3.39. The number of aliphatic carboxylic acids is 2. The molecule has 37 heavy (non-hydrogen) atoms. The van der Waals surface area contributed by atoms with Crippen LogP contribution in [0.25, 0.3) is 21.0 Å². The number of thiophene rings is 1. The normalized spacial score (nSPS) is 18.8. The Labute approximate surface area is 216 Å². The fourth-order valence-electron chi connectivity index (χ4n) is 4.69. The number of aromatic nitrogens is 1. The Morgan fingerprint density at radius 1 is 1.16 bits per heavy atom. The van der Waals surface area contributed by atoms with E-state index in [0.717, 1.165) is 46.1 Å². The third-order valence-corrected chi connectivity index (χ3v) is 7.82. The summed E-state index contributed by atoms with van der Waals surface area (Å²) >= 11 is 1.71. The molecule has 196 valence electrons. The maximum Gasteiger partial charge on any atom is 0.414 e. The summed E-state index contributed by atoms with van der Waals surface area (Å²) in [7, 11) is 0. The Hall–Kier alpha value is -3.47. The molecule has 4 aromatic rings. The van der Waals surface area contributed by atoms with E-state index in [2.05, 4.69) is 16.8 Å². The number of nitrogens with zero attached hydrogens (tertiary/aromatic N) is 1. The van der Waals surface area contributed by atoms with Crippen LogP contribution < -0.4 is 4.74 Å². The third kappa shape index (κ3) is 6.46. The van der Waals surface area contributed by atoms with Crippen LogP contribution in [0.1, 0.15) is 30.6 Å². The summed E-state index contributed by atoms with van der Waals surface area (Å²) in [5.74, 6) is -2.54. The molecule has 1 aliphatic heterocycles. The van der Waals surface area contributed by atoms with Gasteiger partial charge in [0.1, 0.15) is 24.3 Å². The van der Waals surface area contributed by atoms with Crippen molar-refractivity contribution in [1.82, 2.24) is 9.88 Å². The number of benzene rings is 2. The molecule has 3 atom stereocenters. The van der Waals surface area contributed by atoms with Crippen molar-refractivity contribution in [3.63, 3.8) is 0 Å². The van der Waals surface area contributed by atoms with Crippen LogP contribution in [0.4, 0.5) is 4.39 Å². The molecule has 0 aliphatic carbocycles. The Morgan fingerprint density at radius 3 is 2.62 bits per heavy atom. The van der Waals surface area contributed by atoms with Crippen LogP contribution in [0, 0.1) is 5.82 Å². The Balaban J connectivity index is 0.000000480. The molecule has 0 saturated carbocycles. The van der Waals surface area contributed by atoms with E-state index in [9.17, 15) is 9.50 Å². The summed E-state index contributed by atoms with van der Waals surface area (Å²) in [5, 5.41) is 27.1. The molecule has 8 nitrogen and oxygen atoms in total. The van der Waals surface area contributed by atoms with E-state index in [4.69, 9.17) is 24.5 Å². The fourth-order valence-corrected chi connectivity index (χ4v) is 5.91. The van der Waals surface area contributed by atoms with E-state index in [1.807, 2.05) is 42.6 Å². The van der Waals surface area contributed by atoms with Gasteiger partial charge in [0.15, 0.2) is 0 Å². The molecule has 0 amide bonds. The number of piperidine rings is 1. The predicted molar refractivity (Wildman–Crippen MR) is 140 cm³/mol. The first kappa shape index (κ1) is 26.6. The highest BCUT2D eigenvalue weighted by Crippen LogP contribution is 2.38. The number of carboxylic acid groups (broad SMARTS) is 2. The number of fused-ring (bicyclic) bond motifs is 2. The molecule has 3 heterocycles. The molecule has 10 heteroatoms. The average Bonchev–Trinajstić information content (AvgIpc) is 3.52. The average molecular weight is 529 g/mol. The Morgan fingerprint density at radius 2 is 1.92 bits per heavy atom. The summed E-state index contributed by atoms with van der Waals surface area (Å²) in [5.41, 5.74) is 1.03. The number of aliphatic hydroxyl groups is 1. The summed E-state index contributed by atoms with van der Waals surface area (Å²) in [4.78, 5) is 25.0. The smallest absolute Gasteiger partial charge is 0.414 e. The van der Waals surface area contributed by atoms with Gasteiger partial charge in [0, 0.05) is 44.6 Å². The first-order valence-electron chi connectivity index (χ1n) is 12.0. The van der Waals surface area contributed by atoms with E-state index >= 15 is 0 Å². The molecule has 2 aromatic heterocycles. The topological polar surface area (TPSA) is 123 Å². The number of hydrogen-bond acceptors (Lipinski definition) is 6. The molecule has 2 aromatic carbocycles. The first-order chi connectivity index (χ1) is 17.7. The number of nitrogens with one attached hydrogen (secondary N) is 1. The number of hydrogen-bond donors (Lipinski definition) is 4. The number of H-pyrrole nitrogens is 1. The molecule has 1 saturated heterocycles. The molecule has 4 N–H and O–H groups in total. The first-order valence-corrected chi connectivity index (χ1v) is 12.8. The lowest BCUT2D eigenvalue weighted by molar-refractivity contribution is -0.159. The van der Waals surface area contributed by atoms with Gasteiger partial charge in [-0.1, -0.05) is 12.1 Å². The molecule has 0 unspecified atom stereocenters. The van der Waals surface area contributed by atoms with E-state index < -0.39 is 18.0 Å². The molecule has 0 bridgehead atoms. The quantitative estimate of drug-likeness (QED) is 0.268. The number of likely N-dealkylation sites (tertiary alicyclic amines) is 1. The maximum atomic E-state index is 14.1. The van der Waals surface area contributed by atoms with Gasteiger partial charge in [0.05, 0.1) is 0 Å².